The Morgan fingerprint density at radius 1 is 1.58 bits per heavy atom. The maximum atomic E-state index is 10.4. The summed E-state index contributed by atoms with van der Waals surface area (Å²) in [6, 6.07) is 0. The van der Waals surface area contributed by atoms with E-state index in [1.165, 1.54) is 0 Å². The van der Waals surface area contributed by atoms with Crippen molar-refractivity contribution >= 4 is 17.7 Å². The van der Waals surface area contributed by atoms with E-state index in [9.17, 15) is 4.79 Å². The maximum absolute atomic E-state index is 10.4. The topological polar surface area (TPSA) is 56.0 Å². The molecule has 0 saturated carbocycles. The Kier molecular flexibility index (Phi) is 3.28. The lowest BCUT2D eigenvalue weighted by atomic mass is 10.2. The van der Waals surface area contributed by atoms with Crippen LogP contribution in [0.4, 0.5) is 0 Å². The summed E-state index contributed by atoms with van der Waals surface area (Å²) in [5.41, 5.74) is 0. The molecule has 0 atom stereocenters. The zero-order valence-electron chi connectivity index (χ0n) is 6.78. The second-order valence-electron chi connectivity index (χ2n) is 2.46. The average Bonchev–Trinajstić information content (AvgIpc) is 2.35. The van der Waals surface area contributed by atoms with Crippen LogP contribution in [0.15, 0.2) is 4.42 Å². The highest BCUT2D eigenvalue weighted by atomic mass is 32.1. The van der Waals surface area contributed by atoms with E-state index >= 15 is 0 Å². The maximum Gasteiger partial charge on any atom is 0.216 e. The highest BCUT2D eigenvalue weighted by Gasteiger charge is 2.02. The molecular formula is C7H10N2O2S. The van der Waals surface area contributed by atoms with Gasteiger partial charge in [0.25, 0.3) is 0 Å². The molecule has 0 saturated heterocycles. The number of hydrogen-bond acceptors (Lipinski definition) is 4. The van der Waals surface area contributed by atoms with Gasteiger partial charge in [-0.25, -0.2) is 0 Å². The van der Waals surface area contributed by atoms with Gasteiger partial charge in [-0.1, -0.05) is 0 Å². The SMILES string of the molecule is Cc1nnc(CCCC(=O)S)o1. The normalized spacial score (nSPS) is 10.2. The molecule has 0 N–H and O–H groups in total. The van der Waals surface area contributed by atoms with Crippen molar-refractivity contribution in [3.8, 4) is 0 Å². The predicted molar refractivity (Wildman–Crippen MR) is 46.0 cm³/mol. The molecule has 66 valence electrons. The van der Waals surface area contributed by atoms with Gasteiger partial charge in [-0.2, -0.15) is 0 Å². The molecule has 0 aliphatic heterocycles. The molecule has 0 amide bonds. The van der Waals surface area contributed by atoms with Crippen molar-refractivity contribution in [3.63, 3.8) is 0 Å². The zero-order valence-corrected chi connectivity index (χ0v) is 7.67. The summed E-state index contributed by atoms with van der Waals surface area (Å²) in [4.78, 5) is 10.4. The summed E-state index contributed by atoms with van der Waals surface area (Å²) < 4.78 is 5.11. The fourth-order valence-corrected chi connectivity index (χ4v) is 0.987. The summed E-state index contributed by atoms with van der Waals surface area (Å²) >= 11 is 3.64. The fraction of sp³-hybridized carbons (Fsp3) is 0.571. The van der Waals surface area contributed by atoms with Crippen LogP contribution in [0.1, 0.15) is 24.6 Å². The van der Waals surface area contributed by atoms with E-state index < -0.39 is 0 Å². The van der Waals surface area contributed by atoms with E-state index in [4.69, 9.17) is 4.42 Å². The molecular weight excluding hydrogens is 176 g/mol. The van der Waals surface area contributed by atoms with Gasteiger partial charge in [-0.3, -0.25) is 4.79 Å². The average molecular weight is 186 g/mol. The Hall–Kier alpha value is -0.840. The Morgan fingerprint density at radius 2 is 2.33 bits per heavy atom. The van der Waals surface area contributed by atoms with Gasteiger partial charge in [0.15, 0.2) is 5.12 Å². The number of carbonyl (C=O) groups excluding carboxylic acids is 1. The number of aryl methyl sites for hydroxylation is 2. The van der Waals surface area contributed by atoms with Gasteiger partial charge in [0, 0.05) is 19.8 Å². The van der Waals surface area contributed by atoms with Crippen LogP contribution in [0.2, 0.25) is 0 Å². The van der Waals surface area contributed by atoms with Crippen molar-refractivity contribution in [2.45, 2.75) is 26.2 Å². The van der Waals surface area contributed by atoms with E-state index in [1.807, 2.05) is 0 Å². The molecule has 1 heterocycles. The van der Waals surface area contributed by atoms with Crippen LogP contribution in [0.5, 0.6) is 0 Å². The van der Waals surface area contributed by atoms with Crippen LogP contribution >= 0.6 is 12.6 Å². The van der Waals surface area contributed by atoms with Crippen LogP contribution in [0.25, 0.3) is 0 Å². The molecule has 0 radical (unpaired) electrons. The molecule has 5 heteroatoms. The molecule has 0 bridgehead atoms. The van der Waals surface area contributed by atoms with Gasteiger partial charge in [0.05, 0.1) is 0 Å². The van der Waals surface area contributed by atoms with E-state index in [0.717, 1.165) is 0 Å². The third kappa shape index (κ3) is 3.04. The number of nitrogens with zero attached hydrogens (tertiary/aromatic N) is 2. The van der Waals surface area contributed by atoms with Crippen LogP contribution < -0.4 is 0 Å². The lowest BCUT2D eigenvalue weighted by Gasteiger charge is -1.90. The fourth-order valence-electron chi connectivity index (χ4n) is 0.829. The highest BCUT2D eigenvalue weighted by Crippen LogP contribution is 2.04. The van der Waals surface area contributed by atoms with Crippen molar-refractivity contribution in [1.82, 2.24) is 10.2 Å². The van der Waals surface area contributed by atoms with Crippen molar-refractivity contribution in [3.05, 3.63) is 11.8 Å². The van der Waals surface area contributed by atoms with Crippen LogP contribution in [0, 0.1) is 6.92 Å². The summed E-state index contributed by atoms with van der Waals surface area (Å²) in [7, 11) is 0. The second-order valence-corrected chi connectivity index (χ2v) is 2.96. The Morgan fingerprint density at radius 3 is 2.83 bits per heavy atom. The van der Waals surface area contributed by atoms with Crippen molar-refractivity contribution in [2.75, 3.05) is 0 Å². The first-order valence-electron chi connectivity index (χ1n) is 3.69. The van der Waals surface area contributed by atoms with Crippen LogP contribution in [0.3, 0.4) is 0 Å². The van der Waals surface area contributed by atoms with Gasteiger partial charge < -0.3 is 4.42 Å². The van der Waals surface area contributed by atoms with Crippen molar-refractivity contribution in [2.24, 2.45) is 0 Å². The standard InChI is InChI=1S/C7H10N2O2S/c1-5-8-9-6(11-5)3-2-4-7(10)12/h2-4H2,1H3,(H,10,12). The number of carbonyl (C=O) groups is 1. The van der Waals surface area contributed by atoms with E-state index in [1.54, 1.807) is 6.92 Å². The summed E-state index contributed by atoms with van der Waals surface area (Å²) in [6.07, 6.45) is 1.81. The molecule has 1 aromatic rings. The Balaban J connectivity index is 2.29. The number of thiol groups is 1. The number of aromatic nitrogens is 2. The number of rotatable bonds is 4. The molecule has 1 rings (SSSR count). The quantitative estimate of drug-likeness (QED) is 0.717. The molecule has 0 aliphatic carbocycles. The lowest BCUT2D eigenvalue weighted by molar-refractivity contribution is -0.110. The zero-order chi connectivity index (χ0) is 8.97. The molecule has 0 fully saturated rings. The molecule has 0 unspecified atom stereocenters. The molecule has 0 aliphatic rings. The summed E-state index contributed by atoms with van der Waals surface area (Å²) in [5, 5.41) is 7.35. The third-order valence-electron chi connectivity index (χ3n) is 1.35. The molecule has 12 heavy (non-hydrogen) atoms. The largest absolute Gasteiger partial charge is 0.426 e. The van der Waals surface area contributed by atoms with Gasteiger partial charge in [-0.05, 0) is 6.42 Å². The lowest BCUT2D eigenvalue weighted by Crippen LogP contribution is -1.90. The van der Waals surface area contributed by atoms with Crippen LogP contribution in [-0.2, 0) is 11.2 Å². The first-order valence-corrected chi connectivity index (χ1v) is 4.14. The van der Waals surface area contributed by atoms with Crippen molar-refractivity contribution in [1.29, 1.82) is 0 Å². The number of hydrogen-bond donors (Lipinski definition) is 1. The van der Waals surface area contributed by atoms with Crippen LogP contribution in [-0.4, -0.2) is 15.3 Å². The minimum absolute atomic E-state index is 0.105. The second kappa shape index (κ2) is 4.25. The minimum Gasteiger partial charge on any atom is -0.426 e. The molecule has 0 aromatic carbocycles. The Bertz CT molecular complexity index is 272. The first-order chi connectivity index (χ1) is 5.68. The predicted octanol–water partition coefficient (Wildman–Crippen LogP) is 1.16. The van der Waals surface area contributed by atoms with Gasteiger partial charge in [-0.15, -0.1) is 22.8 Å². The van der Waals surface area contributed by atoms with Crippen molar-refractivity contribution < 1.29 is 9.21 Å². The first kappa shape index (κ1) is 9.25. The third-order valence-corrected chi connectivity index (χ3v) is 1.57. The Labute approximate surface area is 75.8 Å². The van der Waals surface area contributed by atoms with E-state index in [0.29, 0.717) is 31.0 Å². The van der Waals surface area contributed by atoms with E-state index in [2.05, 4.69) is 22.8 Å². The molecule has 4 nitrogen and oxygen atoms in total. The van der Waals surface area contributed by atoms with Gasteiger partial charge >= 0.3 is 0 Å². The minimum atomic E-state index is -0.105. The molecule has 0 spiro atoms. The molecule has 1 aromatic heterocycles. The smallest absolute Gasteiger partial charge is 0.216 e. The summed E-state index contributed by atoms with van der Waals surface area (Å²) in [5.74, 6) is 1.14. The monoisotopic (exact) mass is 186 g/mol. The highest BCUT2D eigenvalue weighted by molar-refractivity contribution is 7.96. The summed E-state index contributed by atoms with van der Waals surface area (Å²) in [6.45, 7) is 1.74. The van der Waals surface area contributed by atoms with Gasteiger partial charge in [0.1, 0.15) is 0 Å². The van der Waals surface area contributed by atoms with Gasteiger partial charge in [0.2, 0.25) is 11.8 Å². The van der Waals surface area contributed by atoms with E-state index in [-0.39, 0.29) is 5.12 Å².